The van der Waals surface area contributed by atoms with Gasteiger partial charge in [-0.15, -0.1) is 0 Å². The van der Waals surface area contributed by atoms with Crippen molar-refractivity contribution in [2.45, 2.75) is 13.8 Å². The Kier molecular flexibility index (Phi) is 3.14. The van der Waals surface area contributed by atoms with Gasteiger partial charge in [-0.25, -0.2) is 4.98 Å². The normalized spacial score (nSPS) is 10.0. The van der Waals surface area contributed by atoms with E-state index in [1.165, 1.54) is 6.92 Å². The molecule has 0 aliphatic carbocycles. The van der Waals surface area contributed by atoms with Crippen LogP contribution in [0.4, 0.5) is 5.82 Å². The van der Waals surface area contributed by atoms with E-state index in [2.05, 4.69) is 15.3 Å². The van der Waals surface area contributed by atoms with Crippen LogP contribution in [0.25, 0.3) is 11.1 Å². The summed E-state index contributed by atoms with van der Waals surface area (Å²) >= 11 is 0. The Morgan fingerprint density at radius 2 is 2.00 bits per heavy atom. The number of nitrogens with zero attached hydrogens (tertiary/aromatic N) is 2. The Labute approximate surface area is 99.7 Å². The van der Waals surface area contributed by atoms with Gasteiger partial charge in [0, 0.05) is 30.6 Å². The third kappa shape index (κ3) is 2.87. The van der Waals surface area contributed by atoms with Gasteiger partial charge in [0.2, 0.25) is 5.91 Å². The Hall–Kier alpha value is -2.23. The predicted octanol–water partition coefficient (Wildman–Crippen LogP) is 2.41. The standard InChI is InChI=1S/C13H13N3O/c1-9-3-4-12(8-15-9)11-5-6-14-13(7-11)16-10(2)17/h3-8H,1-2H3,(H,14,16,17). The Morgan fingerprint density at radius 3 is 2.65 bits per heavy atom. The van der Waals surface area contributed by atoms with Crippen molar-refractivity contribution in [1.29, 1.82) is 0 Å². The fourth-order valence-corrected chi connectivity index (χ4v) is 1.50. The monoisotopic (exact) mass is 227 g/mol. The van der Waals surface area contributed by atoms with Crippen LogP contribution in [0, 0.1) is 6.92 Å². The molecule has 0 bridgehead atoms. The molecule has 0 aliphatic rings. The van der Waals surface area contributed by atoms with Gasteiger partial charge in [-0.2, -0.15) is 0 Å². The van der Waals surface area contributed by atoms with Crippen LogP contribution in [0.3, 0.4) is 0 Å². The minimum atomic E-state index is -0.128. The summed E-state index contributed by atoms with van der Waals surface area (Å²) in [5.41, 5.74) is 2.96. The molecule has 1 amide bonds. The topological polar surface area (TPSA) is 54.9 Å². The highest BCUT2D eigenvalue weighted by molar-refractivity contribution is 5.88. The molecule has 4 heteroatoms. The Bertz CT molecular complexity index is 535. The zero-order valence-electron chi connectivity index (χ0n) is 9.77. The van der Waals surface area contributed by atoms with Crippen molar-refractivity contribution in [3.05, 3.63) is 42.4 Å². The van der Waals surface area contributed by atoms with E-state index in [9.17, 15) is 4.79 Å². The third-order valence-electron chi connectivity index (χ3n) is 2.31. The number of anilines is 1. The van der Waals surface area contributed by atoms with Gasteiger partial charge in [-0.3, -0.25) is 9.78 Å². The second-order valence-corrected chi connectivity index (χ2v) is 3.80. The maximum Gasteiger partial charge on any atom is 0.222 e. The van der Waals surface area contributed by atoms with E-state index in [4.69, 9.17) is 0 Å². The minimum Gasteiger partial charge on any atom is -0.311 e. The lowest BCUT2D eigenvalue weighted by Crippen LogP contribution is -2.07. The highest BCUT2D eigenvalue weighted by Gasteiger charge is 2.01. The number of hydrogen-bond acceptors (Lipinski definition) is 3. The lowest BCUT2D eigenvalue weighted by molar-refractivity contribution is -0.114. The van der Waals surface area contributed by atoms with Crippen LogP contribution in [0.2, 0.25) is 0 Å². The molecule has 2 rings (SSSR count). The Morgan fingerprint density at radius 1 is 1.18 bits per heavy atom. The molecule has 0 atom stereocenters. The molecule has 0 fully saturated rings. The highest BCUT2D eigenvalue weighted by Crippen LogP contribution is 2.20. The first-order chi connectivity index (χ1) is 8.15. The maximum absolute atomic E-state index is 10.9. The van der Waals surface area contributed by atoms with Gasteiger partial charge in [-0.05, 0) is 30.7 Å². The number of aromatic nitrogens is 2. The van der Waals surface area contributed by atoms with E-state index >= 15 is 0 Å². The van der Waals surface area contributed by atoms with E-state index in [1.807, 2.05) is 37.4 Å². The smallest absolute Gasteiger partial charge is 0.222 e. The largest absolute Gasteiger partial charge is 0.311 e. The van der Waals surface area contributed by atoms with E-state index in [0.717, 1.165) is 16.8 Å². The number of carbonyl (C=O) groups excluding carboxylic acids is 1. The summed E-state index contributed by atoms with van der Waals surface area (Å²) in [4.78, 5) is 19.3. The zero-order valence-corrected chi connectivity index (χ0v) is 9.77. The van der Waals surface area contributed by atoms with Gasteiger partial charge in [0.05, 0.1) is 0 Å². The molecular formula is C13H13N3O. The number of aryl methyl sites for hydroxylation is 1. The van der Waals surface area contributed by atoms with E-state index in [-0.39, 0.29) is 5.91 Å². The van der Waals surface area contributed by atoms with Crippen LogP contribution < -0.4 is 5.32 Å². The summed E-state index contributed by atoms with van der Waals surface area (Å²) < 4.78 is 0. The SMILES string of the molecule is CC(=O)Nc1cc(-c2ccc(C)nc2)ccn1. The number of carbonyl (C=O) groups is 1. The summed E-state index contributed by atoms with van der Waals surface area (Å²) in [7, 11) is 0. The van der Waals surface area contributed by atoms with Gasteiger partial charge in [0.15, 0.2) is 0 Å². The summed E-state index contributed by atoms with van der Waals surface area (Å²) in [6.45, 7) is 3.40. The molecule has 0 aliphatic heterocycles. The molecule has 0 spiro atoms. The van der Waals surface area contributed by atoms with Gasteiger partial charge in [0.25, 0.3) is 0 Å². The van der Waals surface area contributed by atoms with Crippen molar-refractivity contribution < 1.29 is 4.79 Å². The van der Waals surface area contributed by atoms with Crippen LogP contribution in [0.1, 0.15) is 12.6 Å². The number of hydrogen-bond donors (Lipinski definition) is 1. The predicted molar refractivity (Wildman–Crippen MR) is 66.5 cm³/mol. The maximum atomic E-state index is 10.9. The molecule has 17 heavy (non-hydrogen) atoms. The average molecular weight is 227 g/mol. The minimum absolute atomic E-state index is 0.128. The molecule has 0 radical (unpaired) electrons. The lowest BCUT2D eigenvalue weighted by Gasteiger charge is -2.05. The first-order valence-electron chi connectivity index (χ1n) is 5.32. The van der Waals surface area contributed by atoms with Crippen molar-refractivity contribution in [3.8, 4) is 11.1 Å². The fraction of sp³-hybridized carbons (Fsp3) is 0.154. The van der Waals surface area contributed by atoms with Crippen LogP contribution in [-0.2, 0) is 4.79 Å². The molecule has 86 valence electrons. The Balaban J connectivity index is 2.32. The van der Waals surface area contributed by atoms with Gasteiger partial charge in [-0.1, -0.05) is 6.07 Å². The third-order valence-corrected chi connectivity index (χ3v) is 2.31. The van der Waals surface area contributed by atoms with Crippen molar-refractivity contribution >= 4 is 11.7 Å². The number of nitrogens with one attached hydrogen (secondary N) is 1. The summed E-state index contributed by atoms with van der Waals surface area (Å²) in [5, 5.41) is 2.66. The molecule has 0 aromatic carbocycles. The lowest BCUT2D eigenvalue weighted by atomic mass is 10.1. The molecule has 0 saturated carbocycles. The summed E-state index contributed by atoms with van der Waals surface area (Å²) in [5.74, 6) is 0.423. The summed E-state index contributed by atoms with van der Waals surface area (Å²) in [6, 6.07) is 7.66. The quantitative estimate of drug-likeness (QED) is 0.857. The van der Waals surface area contributed by atoms with E-state index in [1.54, 1.807) is 6.20 Å². The van der Waals surface area contributed by atoms with E-state index in [0.29, 0.717) is 5.82 Å². The first-order valence-corrected chi connectivity index (χ1v) is 5.32. The van der Waals surface area contributed by atoms with Gasteiger partial charge >= 0.3 is 0 Å². The molecule has 2 aromatic rings. The van der Waals surface area contributed by atoms with Crippen molar-refractivity contribution in [3.63, 3.8) is 0 Å². The van der Waals surface area contributed by atoms with Crippen LogP contribution >= 0.6 is 0 Å². The van der Waals surface area contributed by atoms with Crippen LogP contribution in [0.5, 0.6) is 0 Å². The van der Waals surface area contributed by atoms with Crippen LogP contribution in [0.15, 0.2) is 36.7 Å². The highest BCUT2D eigenvalue weighted by atomic mass is 16.1. The number of amides is 1. The molecule has 4 nitrogen and oxygen atoms in total. The second-order valence-electron chi connectivity index (χ2n) is 3.80. The number of rotatable bonds is 2. The molecule has 0 saturated heterocycles. The second kappa shape index (κ2) is 4.74. The van der Waals surface area contributed by atoms with Crippen molar-refractivity contribution in [2.75, 3.05) is 5.32 Å². The van der Waals surface area contributed by atoms with Crippen LogP contribution in [-0.4, -0.2) is 15.9 Å². The van der Waals surface area contributed by atoms with E-state index < -0.39 is 0 Å². The molecule has 0 unspecified atom stereocenters. The zero-order chi connectivity index (χ0) is 12.3. The van der Waals surface area contributed by atoms with Gasteiger partial charge < -0.3 is 5.32 Å². The molecule has 1 N–H and O–H groups in total. The first kappa shape index (κ1) is 11.3. The molecule has 2 aromatic heterocycles. The van der Waals surface area contributed by atoms with Gasteiger partial charge in [0.1, 0.15) is 5.82 Å². The number of pyridine rings is 2. The van der Waals surface area contributed by atoms with Crippen molar-refractivity contribution in [2.24, 2.45) is 0 Å². The van der Waals surface area contributed by atoms with Crippen molar-refractivity contribution in [1.82, 2.24) is 9.97 Å². The molecule has 2 heterocycles. The summed E-state index contributed by atoms with van der Waals surface area (Å²) in [6.07, 6.45) is 3.47. The fourth-order valence-electron chi connectivity index (χ4n) is 1.50. The average Bonchev–Trinajstić information content (AvgIpc) is 2.29. The molecular weight excluding hydrogens is 214 g/mol.